The second-order valence-electron chi connectivity index (χ2n) is 3.55. The van der Waals surface area contributed by atoms with Crippen LogP contribution in [0.4, 0.5) is 0 Å². The molecule has 0 aliphatic heterocycles. The highest BCUT2D eigenvalue weighted by molar-refractivity contribution is 7.52. The van der Waals surface area contributed by atoms with E-state index in [9.17, 15) is 9.36 Å². The number of hydrogen-bond donors (Lipinski definition) is 4. The van der Waals surface area contributed by atoms with Gasteiger partial charge >= 0.3 is 13.6 Å². The van der Waals surface area contributed by atoms with E-state index < -0.39 is 25.3 Å². The van der Waals surface area contributed by atoms with Crippen molar-refractivity contribution in [2.45, 2.75) is 37.9 Å². The molecule has 5 N–H and O–H groups in total. The quantitative estimate of drug-likeness (QED) is 0.390. The van der Waals surface area contributed by atoms with E-state index in [4.69, 9.17) is 20.6 Å². The first-order valence-corrected chi connectivity index (χ1v) is 6.69. The first-order chi connectivity index (χ1) is 7.29. The maximum atomic E-state index is 11.1. The molecule has 94 valence electrons. The summed E-state index contributed by atoms with van der Waals surface area (Å²) in [6.45, 7) is 1.91. The van der Waals surface area contributed by atoms with Crippen LogP contribution < -0.4 is 5.73 Å². The first kappa shape index (κ1) is 15.3. The van der Waals surface area contributed by atoms with Crippen LogP contribution in [0, 0.1) is 0 Å². The molecule has 0 spiro atoms. The predicted octanol–water partition coefficient (Wildman–Crippen LogP) is 0.691. The summed E-state index contributed by atoms with van der Waals surface area (Å²) in [7, 11) is -4.23. The largest absolute Gasteiger partial charge is 0.480 e. The molecule has 2 unspecified atom stereocenters. The van der Waals surface area contributed by atoms with Crippen molar-refractivity contribution < 1.29 is 24.3 Å². The summed E-state index contributed by atoms with van der Waals surface area (Å²) in [6.07, 6.45) is 4.12. The SMILES string of the molecule is CCCCC(C=CC(N)C(=O)O)P(=O)(O)O. The summed E-state index contributed by atoms with van der Waals surface area (Å²) >= 11 is 0. The molecule has 0 aromatic heterocycles. The average Bonchev–Trinajstić information content (AvgIpc) is 2.15. The van der Waals surface area contributed by atoms with Gasteiger partial charge in [0, 0.05) is 0 Å². The van der Waals surface area contributed by atoms with Gasteiger partial charge in [-0.05, 0) is 6.42 Å². The summed E-state index contributed by atoms with van der Waals surface area (Å²) in [6, 6.07) is -1.23. The number of rotatable bonds is 7. The summed E-state index contributed by atoms with van der Waals surface area (Å²) in [5.74, 6) is -1.23. The predicted molar refractivity (Wildman–Crippen MR) is 60.1 cm³/mol. The minimum Gasteiger partial charge on any atom is -0.480 e. The first-order valence-electron chi connectivity index (χ1n) is 5.01. The Labute approximate surface area is 94.3 Å². The number of carboxylic acids is 1. The van der Waals surface area contributed by atoms with Crippen LogP contribution in [0.3, 0.4) is 0 Å². The van der Waals surface area contributed by atoms with E-state index in [0.717, 1.165) is 12.5 Å². The van der Waals surface area contributed by atoms with Gasteiger partial charge < -0.3 is 20.6 Å². The Kier molecular flexibility index (Phi) is 6.52. The van der Waals surface area contributed by atoms with Crippen molar-refractivity contribution >= 4 is 13.6 Å². The Morgan fingerprint density at radius 2 is 2.00 bits per heavy atom. The number of allylic oxidation sites excluding steroid dienone is 1. The van der Waals surface area contributed by atoms with Crippen LogP contribution in [0.25, 0.3) is 0 Å². The van der Waals surface area contributed by atoms with Gasteiger partial charge in [-0.1, -0.05) is 31.9 Å². The van der Waals surface area contributed by atoms with Crippen LogP contribution >= 0.6 is 7.60 Å². The molecule has 0 bridgehead atoms. The van der Waals surface area contributed by atoms with Crippen molar-refractivity contribution in [1.82, 2.24) is 0 Å². The Morgan fingerprint density at radius 1 is 1.44 bits per heavy atom. The van der Waals surface area contributed by atoms with Crippen molar-refractivity contribution in [2.75, 3.05) is 0 Å². The molecule has 0 saturated heterocycles. The molecule has 0 amide bonds. The van der Waals surface area contributed by atoms with Gasteiger partial charge in [-0.3, -0.25) is 9.36 Å². The lowest BCUT2D eigenvalue weighted by atomic mass is 10.1. The normalized spacial score (nSPS) is 16.2. The fourth-order valence-corrected chi connectivity index (χ4v) is 1.96. The molecule has 2 atom stereocenters. The average molecular weight is 251 g/mol. The van der Waals surface area contributed by atoms with Gasteiger partial charge in [0.2, 0.25) is 0 Å². The standard InChI is InChI=1S/C9H18NO5P/c1-2-3-4-7(16(13,14)15)5-6-8(10)9(11)12/h5-8H,2-4,10H2,1H3,(H,11,12)(H2,13,14,15). The van der Waals surface area contributed by atoms with E-state index in [-0.39, 0.29) is 0 Å². The second kappa shape index (κ2) is 6.81. The number of nitrogens with two attached hydrogens (primary N) is 1. The third kappa shape index (κ3) is 6.02. The van der Waals surface area contributed by atoms with Crippen LogP contribution in [-0.2, 0) is 9.36 Å². The molecule has 0 aliphatic rings. The molecular weight excluding hydrogens is 233 g/mol. The molecule has 6 nitrogen and oxygen atoms in total. The number of hydrogen-bond acceptors (Lipinski definition) is 3. The van der Waals surface area contributed by atoms with Gasteiger partial charge in [0.1, 0.15) is 6.04 Å². The maximum absolute atomic E-state index is 11.1. The van der Waals surface area contributed by atoms with E-state index in [0.29, 0.717) is 12.8 Å². The minimum atomic E-state index is -4.23. The van der Waals surface area contributed by atoms with Gasteiger partial charge in [-0.2, -0.15) is 0 Å². The second-order valence-corrected chi connectivity index (χ2v) is 5.39. The summed E-state index contributed by atoms with van der Waals surface area (Å²) < 4.78 is 11.1. The van der Waals surface area contributed by atoms with Crippen LogP contribution in [0.1, 0.15) is 26.2 Å². The Morgan fingerprint density at radius 3 is 2.38 bits per heavy atom. The van der Waals surface area contributed by atoms with E-state index in [2.05, 4.69) is 0 Å². The van der Waals surface area contributed by atoms with Gasteiger partial charge in [0.15, 0.2) is 0 Å². The summed E-state index contributed by atoms with van der Waals surface area (Å²) in [5.41, 5.74) is 4.25. The van der Waals surface area contributed by atoms with Crippen LogP contribution in [0.2, 0.25) is 0 Å². The monoisotopic (exact) mass is 251 g/mol. The van der Waals surface area contributed by atoms with Crippen molar-refractivity contribution in [3.05, 3.63) is 12.2 Å². The lowest BCUT2D eigenvalue weighted by Gasteiger charge is -2.14. The van der Waals surface area contributed by atoms with E-state index in [1.165, 1.54) is 6.08 Å². The molecule has 16 heavy (non-hydrogen) atoms. The van der Waals surface area contributed by atoms with Gasteiger partial charge in [-0.25, -0.2) is 0 Å². The fourth-order valence-electron chi connectivity index (χ4n) is 1.12. The number of carbonyl (C=O) groups is 1. The smallest absolute Gasteiger partial charge is 0.332 e. The molecule has 0 fully saturated rings. The van der Waals surface area contributed by atoms with E-state index >= 15 is 0 Å². The molecule has 7 heteroatoms. The minimum absolute atomic E-state index is 0.323. The number of aliphatic carboxylic acids is 1. The highest BCUT2D eigenvalue weighted by atomic mass is 31.2. The molecular formula is C9H18NO5P. The van der Waals surface area contributed by atoms with Crippen molar-refractivity contribution in [3.8, 4) is 0 Å². The molecule has 0 rings (SSSR count). The molecule has 0 radical (unpaired) electrons. The summed E-state index contributed by atoms with van der Waals surface area (Å²) in [5, 5.41) is 8.50. The zero-order valence-corrected chi connectivity index (χ0v) is 10.0. The fraction of sp³-hybridized carbons (Fsp3) is 0.667. The molecule has 0 aromatic rings. The van der Waals surface area contributed by atoms with Crippen molar-refractivity contribution in [2.24, 2.45) is 5.73 Å². The molecule has 0 aromatic carbocycles. The summed E-state index contributed by atoms with van der Waals surface area (Å²) in [4.78, 5) is 28.5. The van der Waals surface area contributed by atoms with Gasteiger partial charge in [0.25, 0.3) is 0 Å². The Balaban J connectivity index is 4.55. The van der Waals surface area contributed by atoms with Gasteiger partial charge in [-0.15, -0.1) is 0 Å². The molecule has 0 heterocycles. The highest BCUT2D eigenvalue weighted by Crippen LogP contribution is 2.44. The van der Waals surface area contributed by atoms with Crippen molar-refractivity contribution in [1.29, 1.82) is 0 Å². The zero-order chi connectivity index (χ0) is 12.8. The van der Waals surface area contributed by atoms with E-state index in [1.807, 2.05) is 6.92 Å². The zero-order valence-electron chi connectivity index (χ0n) is 9.11. The Bertz CT molecular complexity index is 298. The Hall–Kier alpha value is -0.680. The third-order valence-electron chi connectivity index (χ3n) is 2.11. The molecule has 0 aliphatic carbocycles. The highest BCUT2D eigenvalue weighted by Gasteiger charge is 2.25. The van der Waals surface area contributed by atoms with Crippen molar-refractivity contribution in [3.63, 3.8) is 0 Å². The maximum Gasteiger partial charge on any atom is 0.332 e. The van der Waals surface area contributed by atoms with Crippen LogP contribution in [-0.4, -0.2) is 32.6 Å². The molecule has 0 saturated carbocycles. The lowest BCUT2D eigenvalue weighted by Crippen LogP contribution is -2.27. The third-order valence-corrected chi connectivity index (χ3v) is 3.41. The lowest BCUT2D eigenvalue weighted by molar-refractivity contribution is -0.137. The number of carboxylic acid groups (broad SMARTS) is 1. The topological polar surface area (TPSA) is 121 Å². The van der Waals surface area contributed by atoms with E-state index in [1.54, 1.807) is 0 Å². The van der Waals surface area contributed by atoms with Gasteiger partial charge in [0.05, 0.1) is 5.66 Å². The van der Waals surface area contributed by atoms with Crippen LogP contribution in [0.15, 0.2) is 12.2 Å². The van der Waals surface area contributed by atoms with Crippen LogP contribution in [0.5, 0.6) is 0 Å². The number of unbranched alkanes of at least 4 members (excludes halogenated alkanes) is 1.